The van der Waals surface area contributed by atoms with Crippen molar-refractivity contribution in [2.24, 2.45) is 0 Å². The summed E-state index contributed by atoms with van der Waals surface area (Å²) in [7, 11) is 0. The molecule has 0 spiro atoms. The molecule has 10 heteroatoms. The third kappa shape index (κ3) is 3.29. The van der Waals surface area contributed by atoms with Crippen molar-refractivity contribution in [3.63, 3.8) is 0 Å². The van der Waals surface area contributed by atoms with Crippen LogP contribution in [0.1, 0.15) is 26.7 Å². The summed E-state index contributed by atoms with van der Waals surface area (Å²) in [5, 5.41) is 16.6. The zero-order valence-corrected chi connectivity index (χ0v) is 18.6. The molecule has 6 rings (SSSR count). The van der Waals surface area contributed by atoms with Gasteiger partial charge in [-0.2, -0.15) is 9.78 Å². The third-order valence-corrected chi connectivity index (χ3v) is 6.71. The molecule has 2 N–H and O–H groups in total. The number of rotatable bonds is 5. The van der Waals surface area contributed by atoms with E-state index in [-0.39, 0.29) is 6.04 Å². The molecule has 0 radical (unpaired) electrons. The Kier molecular flexibility index (Phi) is 4.91. The molecule has 2 bridgehead atoms. The Balaban J connectivity index is 1.55. The predicted octanol–water partition coefficient (Wildman–Crippen LogP) is 2.17. The smallest absolute Gasteiger partial charge is 0.171 e. The number of nitrogens with zero attached hydrogens (tertiary/aromatic N) is 6. The Labute approximate surface area is 186 Å². The van der Waals surface area contributed by atoms with E-state index in [4.69, 9.17) is 19.6 Å². The summed E-state index contributed by atoms with van der Waals surface area (Å²) in [6.45, 7) is 9.10. The van der Waals surface area contributed by atoms with Gasteiger partial charge in [-0.15, -0.1) is 5.10 Å². The molecule has 0 saturated carbocycles. The van der Waals surface area contributed by atoms with Gasteiger partial charge < -0.3 is 24.6 Å². The van der Waals surface area contributed by atoms with Crippen molar-refractivity contribution in [1.82, 2.24) is 25.0 Å². The van der Waals surface area contributed by atoms with E-state index >= 15 is 0 Å². The Morgan fingerprint density at radius 2 is 2.09 bits per heavy atom. The largest absolute Gasteiger partial charge is 0.377 e. The summed E-state index contributed by atoms with van der Waals surface area (Å²) >= 11 is 0. The number of ether oxygens (including phenoxy) is 2. The van der Waals surface area contributed by atoms with Crippen LogP contribution >= 0.6 is 0 Å². The van der Waals surface area contributed by atoms with Crippen LogP contribution in [0.5, 0.6) is 0 Å². The minimum Gasteiger partial charge on any atom is -0.377 e. The molecule has 3 aromatic rings. The minimum atomic E-state index is 0.263. The zero-order chi connectivity index (χ0) is 21.7. The molecule has 0 aliphatic carbocycles. The van der Waals surface area contributed by atoms with Gasteiger partial charge in [-0.25, -0.2) is 4.98 Å². The number of morpholine rings is 2. The summed E-state index contributed by atoms with van der Waals surface area (Å²) in [6.07, 6.45) is 4.61. The topological polar surface area (TPSA) is 96.4 Å². The van der Waals surface area contributed by atoms with Crippen molar-refractivity contribution in [2.45, 2.75) is 44.9 Å². The normalized spacial score (nSPS) is 25.6. The summed E-state index contributed by atoms with van der Waals surface area (Å²) in [4.78, 5) is 9.96. The number of anilines is 3. The van der Waals surface area contributed by atoms with Crippen molar-refractivity contribution in [3.05, 3.63) is 18.3 Å². The molecule has 0 aromatic carbocycles. The number of fused-ring (bicyclic) bond motifs is 3. The van der Waals surface area contributed by atoms with E-state index in [0.29, 0.717) is 25.4 Å². The summed E-state index contributed by atoms with van der Waals surface area (Å²) < 4.78 is 13.7. The van der Waals surface area contributed by atoms with Crippen LogP contribution in [0.4, 0.5) is 17.3 Å². The van der Waals surface area contributed by atoms with Crippen molar-refractivity contribution in [2.75, 3.05) is 54.5 Å². The predicted molar refractivity (Wildman–Crippen MR) is 123 cm³/mol. The van der Waals surface area contributed by atoms with Gasteiger partial charge in [0.25, 0.3) is 0 Å². The molecule has 3 saturated heterocycles. The second kappa shape index (κ2) is 7.93. The number of nitrogens with one attached hydrogen (secondary N) is 2. The Hall–Kier alpha value is -2.85. The van der Waals surface area contributed by atoms with E-state index in [1.165, 1.54) is 5.69 Å². The first kappa shape index (κ1) is 19.8. The van der Waals surface area contributed by atoms with Gasteiger partial charge in [0.05, 0.1) is 48.7 Å². The number of H-pyrrole nitrogens is 1. The van der Waals surface area contributed by atoms with E-state index in [2.05, 4.69) is 45.2 Å². The van der Waals surface area contributed by atoms with Gasteiger partial charge in [-0.05, 0) is 26.7 Å². The van der Waals surface area contributed by atoms with Crippen LogP contribution in [0.2, 0.25) is 0 Å². The van der Waals surface area contributed by atoms with Crippen molar-refractivity contribution in [3.8, 4) is 5.82 Å². The maximum Gasteiger partial charge on any atom is 0.171 e. The molecule has 6 heterocycles. The van der Waals surface area contributed by atoms with Crippen LogP contribution < -0.4 is 15.1 Å². The van der Waals surface area contributed by atoms with Gasteiger partial charge in [0.15, 0.2) is 17.3 Å². The fourth-order valence-electron chi connectivity index (χ4n) is 5.18. The fraction of sp³-hybridized carbons (Fsp3) is 0.591. The molecular weight excluding hydrogens is 408 g/mol. The van der Waals surface area contributed by atoms with Gasteiger partial charge in [0.2, 0.25) is 0 Å². The molecule has 3 unspecified atom stereocenters. The Morgan fingerprint density at radius 1 is 1.25 bits per heavy atom. The van der Waals surface area contributed by atoms with Gasteiger partial charge in [0, 0.05) is 38.3 Å². The molecule has 170 valence electrons. The summed E-state index contributed by atoms with van der Waals surface area (Å²) in [5.41, 5.74) is 2.00. The Bertz CT molecular complexity index is 1090. The number of aromatic amines is 1. The maximum absolute atomic E-state index is 6.13. The molecule has 0 amide bonds. The van der Waals surface area contributed by atoms with E-state index in [1.807, 2.05) is 10.7 Å². The second-order valence-corrected chi connectivity index (χ2v) is 8.91. The number of hydrogen-bond acceptors (Lipinski definition) is 8. The van der Waals surface area contributed by atoms with Crippen molar-refractivity contribution >= 4 is 28.4 Å². The molecule has 32 heavy (non-hydrogen) atoms. The van der Waals surface area contributed by atoms with Crippen LogP contribution in [0.25, 0.3) is 16.9 Å². The lowest BCUT2D eigenvalue weighted by Gasteiger charge is -2.37. The maximum atomic E-state index is 6.13. The number of pyridine rings is 1. The summed E-state index contributed by atoms with van der Waals surface area (Å²) in [5.74, 6) is 2.61. The van der Waals surface area contributed by atoms with Gasteiger partial charge in [0.1, 0.15) is 5.82 Å². The zero-order valence-electron chi connectivity index (χ0n) is 18.6. The lowest BCUT2D eigenvalue weighted by molar-refractivity contribution is 0.0306. The van der Waals surface area contributed by atoms with Crippen LogP contribution in [-0.2, 0) is 9.47 Å². The monoisotopic (exact) mass is 438 g/mol. The highest BCUT2D eigenvalue weighted by Gasteiger charge is 2.36. The first-order valence-corrected chi connectivity index (χ1v) is 11.6. The second-order valence-electron chi connectivity index (χ2n) is 8.91. The molecule has 3 aliphatic heterocycles. The highest BCUT2D eigenvalue weighted by Crippen LogP contribution is 2.39. The third-order valence-electron chi connectivity index (χ3n) is 6.71. The molecule has 3 atom stereocenters. The highest BCUT2D eigenvalue weighted by molar-refractivity contribution is 6.01. The van der Waals surface area contributed by atoms with Gasteiger partial charge >= 0.3 is 0 Å². The average Bonchev–Trinajstić information content (AvgIpc) is 3.53. The van der Waals surface area contributed by atoms with E-state index in [9.17, 15) is 0 Å². The van der Waals surface area contributed by atoms with E-state index < -0.39 is 0 Å². The molecule has 3 aliphatic rings. The van der Waals surface area contributed by atoms with Crippen LogP contribution in [-0.4, -0.2) is 82.6 Å². The first-order valence-electron chi connectivity index (χ1n) is 11.6. The van der Waals surface area contributed by atoms with Crippen molar-refractivity contribution < 1.29 is 9.47 Å². The molecular formula is C22H30N8O2. The van der Waals surface area contributed by atoms with E-state index in [0.717, 1.165) is 67.5 Å². The van der Waals surface area contributed by atoms with Crippen molar-refractivity contribution in [1.29, 1.82) is 0 Å². The standard InChI is InChI=1S/C22H30N8O2/c1-3-23-21-20-17(28-11-15-4-5-16(12-28)32-15)10-19(29-8-9-31-13-14(29)2)25-22(20)30(27-21)18-6-7-24-26-18/h6-7,10,14-16H,3-5,8-9,11-13H2,1-2H3,(H,23,27)(H,24,26). The minimum absolute atomic E-state index is 0.263. The average molecular weight is 439 g/mol. The summed E-state index contributed by atoms with van der Waals surface area (Å²) in [6, 6.07) is 4.43. The fourth-order valence-corrected chi connectivity index (χ4v) is 5.18. The van der Waals surface area contributed by atoms with Gasteiger partial charge in [-0.3, -0.25) is 5.10 Å². The highest BCUT2D eigenvalue weighted by atomic mass is 16.5. The molecule has 10 nitrogen and oxygen atoms in total. The van der Waals surface area contributed by atoms with E-state index in [1.54, 1.807) is 6.20 Å². The first-order chi connectivity index (χ1) is 15.7. The van der Waals surface area contributed by atoms with Crippen LogP contribution in [0.15, 0.2) is 18.3 Å². The molecule has 3 fully saturated rings. The Morgan fingerprint density at radius 3 is 2.81 bits per heavy atom. The number of aromatic nitrogens is 5. The SMILES string of the molecule is CCNc1nn(-c2ccn[nH]2)c2nc(N3CCOCC3C)cc(N3CC4CCC(C3)O4)c12. The van der Waals surface area contributed by atoms with Crippen LogP contribution in [0.3, 0.4) is 0 Å². The van der Waals surface area contributed by atoms with Crippen LogP contribution in [0, 0.1) is 0 Å². The van der Waals surface area contributed by atoms with Gasteiger partial charge in [-0.1, -0.05) is 0 Å². The lowest BCUT2D eigenvalue weighted by atomic mass is 10.1. The quantitative estimate of drug-likeness (QED) is 0.626. The number of hydrogen-bond donors (Lipinski definition) is 2. The lowest BCUT2D eigenvalue weighted by Crippen LogP contribution is -2.45. The molecule has 3 aromatic heterocycles.